The molecular formula is C15H17NO2S. The number of hydrogen-bond donors (Lipinski definition) is 0. The van der Waals surface area contributed by atoms with E-state index in [2.05, 4.69) is 0 Å². The number of hydrogen-bond acceptors (Lipinski definition) is 3. The molecule has 3 rings (SSSR count). The van der Waals surface area contributed by atoms with E-state index in [9.17, 15) is 9.59 Å². The van der Waals surface area contributed by atoms with Crippen molar-refractivity contribution < 1.29 is 9.59 Å². The number of thioether (sulfide) groups is 1. The molecule has 1 spiro atoms. The predicted molar refractivity (Wildman–Crippen MR) is 75.7 cm³/mol. The molecular weight excluding hydrogens is 258 g/mol. The number of benzene rings is 1. The van der Waals surface area contributed by atoms with E-state index < -0.39 is 0 Å². The van der Waals surface area contributed by atoms with Crippen molar-refractivity contribution in [3.63, 3.8) is 0 Å². The van der Waals surface area contributed by atoms with Crippen molar-refractivity contribution in [2.45, 2.75) is 26.3 Å². The Balaban J connectivity index is 1.79. The molecule has 0 N–H and O–H groups in total. The van der Waals surface area contributed by atoms with Crippen molar-refractivity contribution in [1.29, 1.82) is 0 Å². The molecule has 0 bridgehead atoms. The first-order valence-corrected chi connectivity index (χ1v) is 7.74. The summed E-state index contributed by atoms with van der Waals surface area (Å²) in [6.45, 7) is 2.45. The van der Waals surface area contributed by atoms with Crippen molar-refractivity contribution in [2.24, 2.45) is 5.41 Å². The third-order valence-electron chi connectivity index (χ3n) is 4.05. The van der Waals surface area contributed by atoms with Gasteiger partial charge in [-0.25, -0.2) is 0 Å². The van der Waals surface area contributed by atoms with Crippen LogP contribution in [-0.4, -0.2) is 28.2 Å². The summed E-state index contributed by atoms with van der Waals surface area (Å²) < 4.78 is 0. The van der Waals surface area contributed by atoms with Crippen LogP contribution in [0.1, 0.15) is 24.0 Å². The van der Waals surface area contributed by atoms with E-state index in [-0.39, 0.29) is 17.2 Å². The van der Waals surface area contributed by atoms with Crippen molar-refractivity contribution in [3.05, 3.63) is 35.4 Å². The minimum Gasteiger partial charge on any atom is -0.278 e. The normalized spacial score (nSPS) is 26.7. The van der Waals surface area contributed by atoms with Crippen LogP contribution < -0.4 is 0 Å². The molecule has 0 radical (unpaired) electrons. The first-order valence-electron chi connectivity index (χ1n) is 6.59. The highest BCUT2D eigenvalue weighted by atomic mass is 32.2. The lowest BCUT2D eigenvalue weighted by Crippen LogP contribution is -2.35. The SMILES string of the molecule is Cc1ccc(CN2C(=O)C[C@]3(CCSC3)C2=O)cc1. The van der Waals surface area contributed by atoms with Crippen LogP contribution in [0.25, 0.3) is 0 Å². The second-order valence-electron chi connectivity index (χ2n) is 5.53. The first kappa shape index (κ1) is 12.7. The van der Waals surface area contributed by atoms with E-state index in [4.69, 9.17) is 0 Å². The van der Waals surface area contributed by atoms with E-state index in [1.165, 1.54) is 10.5 Å². The highest BCUT2D eigenvalue weighted by Gasteiger charge is 2.52. The minimum absolute atomic E-state index is 0.00641. The van der Waals surface area contributed by atoms with Crippen LogP contribution in [-0.2, 0) is 16.1 Å². The highest BCUT2D eigenvalue weighted by molar-refractivity contribution is 7.99. The Hall–Kier alpha value is -1.29. The fraction of sp³-hybridized carbons (Fsp3) is 0.467. The van der Waals surface area contributed by atoms with E-state index in [1.54, 1.807) is 11.8 Å². The van der Waals surface area contributed by atoms with Gasteiger partial charge in [-0.2, -0.15) is 11.8 Å². The molecule has 2 saturated heterocycles. The summed E-state index contributed by atoms with van der Waals surface area (Å²) in [5, 5.41) is 0. The maximum absolute atomic E-state index is 12.5. The Bertz CT molecular complexity index is 517. The van der Waals surface area contributed by atoms with E-state index >= 15 is 0 Å². The molecule has 2 heterocycles. The monoisotopic (exact) mass is 275 g/mol. The second kappa shape index (κ2) is 4.67. The topological polar surface area (TPSA) is 37.4 Å². The van der Waals surface area contributed by atoms with Gasteiger partial charge >= 0.3 is 0 Å². The Morgan fingerprint density at radius 1 is 1.26 bits per heavy atom. The summed E-state index contributed by atoms with van der Waals surface area (Å²) in [5.41, 5.74) is 1.83. The summed E-state index contributed by atoms with van der Waals surface area (Å²) in [6, 6.07) is 8.01. The molecule has 1 aromatic carbocycles. The number of aryl methyl sites for hydroxylation is 1. The molecule has 4 heteroatoms. The smallest absolute Gasteiger partial charge is 0.237 e. The number of rotatable bonds is 2. The Morgan fingerprint density at radius 2 is 2.00 bits per heavy atom. The van der Waals surface area contributed by atoms with Crippen LogP contribution >= 0.6 is 11.8 Å². The van der Waals surface area contributed by atoms with Gasteiger partial charge in [-0.15, -0.1) is 0 Å². The fourth-order valence-corrected chi connectivity index (χ4v) is 4.25. The van der Waals surface area contributed by atoms with Crippen LogP contribution in [0.2, 0.25) is 0 Å². The van der Waals surface area contributed by atoms with Gasteiger partial charge in [0.1, 0.15) is 0 Å². The summed E-state index contributed by atoms with van der Waals surface area (Å²) in [5.74, 6) is 1.84. The molecule has 1 atom stereocenters. The molecule has 2 aliphatic heterocycles. The number of carbonyl (C=O) groups is 2. The zero-order chi connectivity index (χ0) is 13.5. The predicted octanol–water partition coefficient (Wildman–Crippen LogP) is 2.38. The molecule has 1 aromatic rings. The lowest BCUT2D eigenvalue weighted by Gasteiger charge is -2.20. The standard InChI is InChI=1S/C15H17NO2S/c1-11-2-4-12(5-3-11)9-16-13(17)8-15(14(16)18)6-7-19-10-15/h2-5H,6-10H2,1H3/t15-/m0/s1. The summed E-state index contributed by atoms with van der Waals surface area (Å²) in [4.78, 5) is 26.1. The van der Waals surface area contributed by atoms with Gasteiger partial charge in [0.15, 0.2) is 0 Å². The molecule has 2 aliphatic rings. The van der Waals surface area contributed by atoms with Gasteiger partial charge in [0, 0.05) is 12.2 Å². The third-order valence-corrected chi connectivity index (χ3v) is 5.30. The van der Waals surface area contributed by atoms with E-state index in [1.807, 2.05) is 31.2 Å². The van der Waals surface area contributed by atoms with Gasteiger partial charge in [-0.1, -0.05) is 29.8 Å². The molecule has 0 aromatic heterocycles. The number of likely N-dealkylation sites (tertiary alicyclic amines) is 1. The number of amides is 2. The average molecular weight is 275 g/mol. The minimum atomic E-state index is -0.382. The Kier molecular flexibility index (Phi) is 3.13. The molecule has 3 nitrogen and oxygen atoms in total. The number of imide groups is 1. The lowest BCUT2D eigenvalue weighted by atomic mass is 9.86. The van der Waals surface area contributed by atoms with E-state index in [0.717, 1.165) is 23.5 Å². The fourth-order valence-electron chi connectivity index (χ4n) is 2.81. The molecule has 0 saturated carbocycles. The van der Waals surface area contributed by atoms with Gasteiger partial charge in [-0.05, 0) is 24.7 Å². The third kappa shape index (κ3) is 2.18. The molecule has 0 unspecified atom stereocenters. The summed E-state index contributed by atoms with van der Waals surface area (Å²) in [6.07, 6.45) is 1.26. The zero-order valence-corrected chi connectivity index (χ0v) is 11.8. The summed E-state index contributed by atoms with van der Waals surface area (Å²) in [7, 11) is 0. The quantitative estimate of drug-likeness (QED) is 0.778. The van der Waals surface area contributed by atoms with Crippen molar-refractivity contribution >= 4 is 23.6 Å². The molecule has 0 aliphatic carbocycles. The largest absolute Gasteiger partial charge is 0.278 e. The van der Waals surface area contributed by atoms with Crippen LogP contribution in [0, 0.1) is 12.3 Å². The lowest BCUT2D eigenvalue weighted by molar-refractivity contribution is -0.141. The highest BCUT2D eigenvalue weighted by Crippen LogP contribution is 2.45. The molecule has 100 valence electrons. The number of carbonyl (C=O) groups excluding carboxylic acids is 2. The van der Waals surface area contributed by atoms with E-state index in [0.29, 0.717) is 13.0 Å². The van der Waals surface area contributed by atoms with Crippen molar-refractivity contribution in [3.8, 4) is 0 Å². The zero-order valence-electron chi connectivity index (χ0n) is 11.0. The van der Waals surface area contributed by atoms with Gasteiger partial charge in [0.25, 0.3) is 0 Å². The molecule has 19 heavy (non-hydrogen) atoms. The molecule has 2 amide bonds. The van der Waals surface area contributed by atoms with Crippen LogP contribution in [0.3, 0.4) is 0 Å². The van der Waals surface area contributed by atoms with Gasteiger partial charge in [0.05, 0.1) is 12.0 Å². The number of nitrogens with zero attached hydrogens (tertiary/aromatic N) is 1. The van der Waals surface area contributed by atoms with Gasteiger partial charge in [-0.3, -0.25) is 14.5 Å². The van der Waals surface area contributed by atoms with Crippen LogP contribution in [0.4, 0.5) is 0 Å². The van der Waals surface area contributed by atoms with Crippen molar-refractivity contribution in [2.75, 3.05) is 11.5 Å². The second-order valence-corrected chi connectivity index (χ2v) is 6.64. The van der Waals surface area contributed by atoms with Crippen LogP contribution in [0.5, 0.6) is 0 Å². The first-order chi connectivity index (χ1) is 9.11. The Labute approximate surface area is 117 Å². The summed E-state index contributed by atoms with van der Waals surface area (Å²) >= 11 is 1.79. The Morgan fingerprint density at radius 3 is 2.63 bits per heavy atom. The van der Waals surface area contributed by atoms with Crippen LogP contribution in [0.15, 0.2) is 24.3 Å². The molecule has 2 fully saturated rings. The van der Waals surface area contributed by atoms with Gasteiger partial charge < -0.3 is 0 Å². The maximum Gasteiger partial charge on any atom is 0.237 e. The maximum atomic E-state index is 12.5. The average Bonchev–Trinajstić information content (AvgIpc) is 2.94. The van der Waals surface area contributed by atoms with Crippen molar-refractivity contribution in [1.82, 2.24) is 4.90 Å². The van der Waals surface area contributed by atoms with Gasteiger partial charge in [0.2, 0.25) is 11.8 Å².